The summed E-state index contributed by atoms with van der Waals surface area (Å²) < 4.78 is 46.4. The third kappa shape index (κ3) is 2.39. The molecule has 1 aliphatic rings. The molecule has 0 spiro atoms. The van der Waals surface area contributed by atoms with Crippen LogP contribution in [0, 0.1) is 17.5 Å². The second kappa shape index (κ2) is 4.94. The average Bonchev–Trinajstić information content (AvgIpc) is 2.95. The Kier molecular flexibility index (Phi) is 3.00. The molecule has 2 aromatic heterocycles. The Morgan fingerprint density at radius 1 is 1.17 bits per heavy atom. The normalized spacial score (nSPS) is 20.0. The van der Waals surface area contributed by atoms with Gasteiger partial charge in [0.2, 0.25) is 11.7 Å². The van der Waals surface area contributed by atoms with Gasteiger partial charge in [-0.1, -0.05) is 5.16 Å². The maximum Gasteiger partial charge on any atom is 0.230 e. The van der Waals surface area contributed by atoms with Crippen LogP contribution in [-0.2, 0) is 7.05 Å². The smallest absolute Gasteiger partial charge is 0.230 e. The quantitative estimate of drug-likeness (QED) is 0.696. The molecule has 0 radical (unpaired) electrons. The minimum atomic E-state index is -1.52. The van der Waals surface area contributed by atoms with Crippen molar-refractivity contribution in [1.82, 2.24) is 19.9 Å². The van der Waals surface area contributed by atoms with Crippen LogP contribution in [0.5, 0.6) is 0 Å². The fraction of sp³-hybridized carbons (Fsp3) is 0.267. The summed E-state index contributed by atoms with van der Waals surface area (Å²) in [5.41, 5.74) is 1.12. The zero-order chi connectivity index (χ0) is 16.1. The van der Waals surface area contributed by atoms with E-state index in [2.05, 4.69) is 15.2 Å². The minimum Gasteiger partial charge on any atom is -0.339 e. The molecular formula is C15H11F3N4O. The van der Waals surface area contributed by atoms with Crippen LogP contribution in [0.15, 0.2) is 29.0 Å². The van der Waals surface area contributed by atoms with Crippen molar-refractivity contribution in [3.05, 3.63) is 53.4 Å². The van der Waals surface area contributed by atoms with Crippen LogP contribution in [0.1, 0.15) is 29.7 Å². The van der Waals surface area contributed by atoms with E-state index in [0.29, 0.717) is 5.89 Å². The molecule has 4 rings (SSSR count). The molecule has 0 bridgehead atoms. The fourth-order valence-electron chi connectivity index (χ4n) is 2.66. The Balaban J connectivity index is 1.58. The number of aryl methyl sites for hydroxylation is 1. The third-order valence-electron chi connectivity index (χ3n) is 3.94. The van der Waals surface area contributed by atoms with E-state index in [1.54, 1.807) is 10.9 Å². The highest BCUT2D eigenvalue weighted by Crippen LogP contribution is 2.54. The van der Waals surface area contributed by atoms with Crippen molar-refractivity contribution in [2.45, 2.75) is 18.3 Å². The molecular weight excluding hydrogens is 309 g/mol. The minimum absolute atomic E-state index is 0.0367. The first-order chi connectivity index (χ1) is 11.0. The number of benzene rings is 1. The molecule has 2 heterocycles. The van der Waals surface area contributed by atoms with Gasteiger partial charge in [-0.25, -0.2) is 13.2 Å². The SMILES string of the molecule is Cn1cc([C@@H]2C[C@H]2c2nc(-c3cc(F)c(F)c(F)c3)no2)cn1. The lowest BCUT2D eigenvalue weighted by Gasteiger charge is -1.98. The molecule has 0 aliphatic heterocycles. The van der Waals surface area contributed by atoms with Crippen molar-refractivity contribution in [3.63, 3.8) is 0 Å². The van der Waals surface area contributed by atoms with E-state index in [-0.39, 0.29) is 23.2 Å². The van der Waals surface area contributed by atoms with Crippen LogP contribution in [0.3, 0.4) is 0 Å². The standard InChI is InChI=1S/C15H11F3N4O/c1-22-6-8(5-19-22)9-4-10(9)15-20-14(21-23-15)7-2-11(16)13(18)12(17)3-7/h2-3,5-6,9-10H,4H2,1H3/t9-,10+/m0/s1. The topological polar surface area (TPSA) is 56.7 Å². The highest BCUT2D eigenvalue weighted by molar-refractivity contribution is 5.54. The molecule has 0 N–H and O–H groups in total. The molecule has 8 heteroatoms. The van der Waals surface area contributed by atoms with Gasteiger partial charge in [0, 0.05) is 24.7 Å². The summed E-state index contributed by atoms with van der Waals surface area (Å²) in [5, 5.41) is 7.85. The van der Waals surface area contributed by atoms with Gasteiger partial charge in [0.05, 0.1) is 6.20 Å². The van der Waals surface area contributed by atoms with Crippen molar-refractivity contribution >= 4 is 0 Å². The number of nitrogens with zero attached hydrogens (tertiary/aromatic N) is 4. The van der Waals surface area contributed by atoms with Crippen LogP contribution in [-0.4, -0.2) is 19.9 Å². The van der Waals surface area contributed by atoms with Crippen molar-refractivity contribution in [2.24, 2.45) is 7.05 Å². The molecule has 1 fully saturated rings. The Labute approximate surface area is 128 Å². The van der Waals surface area contributed by atoms with E-state index in [1.807, 2.05) is 13.2 Å². The van der Waals surface area contributed by atoms with Crippen molar-refractivity contribution in [1.29, 1.82) is 0 Å². The van der Waals surface area contributed by atoms with Gasteiger partial charge in [0.1, 0.15) is 0 Å². The van der Waals surface area contributed by atoms with E-state index in [1.165, 1.54) is 0 Å². The first kappa shape index (κ1) is 14.0. The molecule has 2 atom stereocenters. The lowest BCUT2D eigenvalue weighted by molar-refractivity contribution is 0.378. The Morgan fingerprint density at radius 2 is 1.91 bits per heavy atom. The number of hydrogen-bond donors (Lipinski definition) is 0. The molecule has 0 unspecified atom stereocenters. The molecule has 1 saturated carbocycles. The summed E-state index contributed by atoms with van der Waals surface area (Å²) in [6.45, 7) is 0. The number of hydrogen-bond acceptors (Lipinski definition) is 4. The molecule has 3 aromatic rings. The van der Waals surface area contributed by atoms with E-state index < -0.39 is 17.5 Å². The molecule has 5 nitrogen and oxygen atoms in total. The zero-order valence-corrected chi connectivity index (χ0v) is 12.0. The number of halogens is 3. The molecule has 118 valence electrons. The highest BCUT2D eigenvalue weighted by Gasteiger charge is 2.44. The summed E-state index contributed by atoms with van der Waals surface area (Å²) in [7, 11) is 1.84. The largest absolute Gasteiger partial charge is 0.339 e. The highest BCUT2D eigenvalue weighted by atomic mass is 19.2. The van der Waals surface area contributed by atoms with Gasteiger partial charge < -0.3 is 4.52 Å². The Morgan fingerprint density at radius 3 is 2.57 bits per heavy atom. The summed E-state index contributed by atoms with van der Waals surface area (Å²) in [6, 6.07) is 1.69. The maximum absolute atomic E-state index is 13.3. The summed E-state index contributed by atoms with van der Waals surface area (Å²) >= 11 is 0. The molecule has 0 amide bonds. The monoisotopic (exact) mass is 320 g/mol. The maximum atomic E-state index is 13.3. The Hall–Kier alpha value is -2.64. The van der Waals surface area contributed by atoms with Gasteiger partial charge in [-0.05, 0) is 30.0 Å². The van der Waals surface area contributed by atoms with Gasteiger partial charge in [0.25, 0.3) is 0 Å². The predicted molar refractivity (Wildman–Crippen MR) is 72.9 cm³/mol. The second-order valence-corrected chi connectivity index (χ2v) is 5.61. The van der Waals surface area contributed by atoms with Crippen LogP contribution in [0.2, 0.25) is 0 Å². The average molecular weight is 320 g/mol. The van der Waals surface area contributed by atoms with E-state index in [0.717, 1.165) is 24.1 Å². The lowest BCUT2D eigenvalue weighted by Crippen LogP contribution is -1.93. The zero-order valence-electron chi connectivity index (χ0n) is 12.0. The van der Waals surface area contributed by atoms with Gasteiger partial charge in [-0.3, -0.25) is 4.68 Å². The van der Waals surface area contributed by atoms with E-state index >= 15 is 0 Å². The van der Waals surface area contributed by atoms with Crippen LogP contribution in [0.25, 0.3) is 11.4 Å². The van der Waals surface area contributed by atoms with E-state index in [9.17, 15) is 13.2 Å². The lowest BCUT2D eigenvalue weighted by atomic mass is 10.2. The molecule has 0 saturated heterocycles. The van der Waals surface area contributed by atoms with Gasteiger partial charge >= 0.3 is 0 Å². The number of rotatable bonds is 3. The predicted octanol–water partition coefficient (Wildman–Crippen LogP) is 3.16. The summed E-state index contributed by atoms with van der Waals surface area (Å²) in [5.74, 6) is -3.34. The van der Waals surface area contributed by atoms with Crippen molar-refractivity contribution in [2.75, 3.05) is 0 Å². The van der Waals surface area contributed by atoms with Gasteiger partial charge in [-0.15, -0.1) is 0 Å². The van der Waals surface area contributed by atoms with Crippen LogP contribution < -0.4 is 0 Å². The molecule has 1 aliphatic carbocycles. The number of aromatic nitrogens is 4. The first-order valence-corrected chi connectivity index (χ1v) is 7.00. The van der Waals surface area contributed by atoms with Crippen LogP contribution >= 0.6 is 0 Å². The van der Waals surface area contributed by atoms with Crippen molar-refractivity contribution in [3.8, 4) is 11.4 Å². The van der Waals surface area contributed by atoms with Gasteiger partial charge in [-0.2, -0.15) is 10.1 Å². The fourth-order valence-corrected chi connectivity index (χ4v) is 2.66. The van der Waals surface area contributed by atoms with Gasteiger partial charge in [0.15, 0.2) is 17.5 Å². The van der Waals surface area contributed by atoms with E-state index in [4.69, 9.17) is 4.52 Å². The second-order valence-electron chi connectivity index (χ2n) is 5.61. The summed E-state index contributed by atoms with van der Waals surface area (Å²) in [4.78, 5) is 4.18. The van der Waals surface area contributed by atoms with Crippen molar-refractivity contribution < 1.29 is 17.7 Å². The molecule has 23 heavy (non-hydrogen) atoms. The molecule has 1 aromatic carbocycles. The Bertz CT molecular complexity index is 865. The van der Waals surface area contributed by atoms with Crippen LogP contribution in [0.4, 0.5) is 13.2 Å². The first-order valence-electron chi connectivity index (χ1n) is 7.00. The third-order valence-corrected chi connectivity index (χ3v) is 3.94. The summed E-state index contributed by atoms with van der Waals surface area (Å²) in [6.07, 6.45) is 4.55.